The van der Waals surface area contributed by atoms with Crippen LogP contribution in [0, 0.1) is 0 Å². The highest BCUT2D eigenvalue weighted by atomic mass is 35.5. The fourth-order valence-electron chi connectivity index (χ4n) is 1.96. The van der Waals surface area contributed by atoms with Gasteiger partial charge in [-0.1, -0.05) is 11.6 Å². The molecule has 0 amide bonds. The van der Waals surface area contributed by atoms with Crippen LogP contribution in [-0.2, 0) is 0 Å². The molecule has 2 heterocycles. The Balaban J connectivity index is 1.72. The van der Waals surface area contributed by atoms with Gasteiger partial charge in [-0.3, -0.25) is 0 Å². The molecule has 5 heteroatoms. The van der Waals surface area contributed by atoms with Crippen molar-refractivity contribution in [2.45, 2.75) is 13.0 Å². The number of hydrogen-bond donors (Lipinski definition) is 1. The minimum atomic E-state index is 0.240. The third kappa shape index (κ3) is 3.03. The van der Waals surface area contributed by atoms with Crippen LogP contribution in [0.1, 0.15) is 18.5 Å². The fraction of sp³-hybridized carbons (Fsp3) is 0.133. The first-order valence-corrected chi connectivity index (χ1v) is 8.36. The van der Waals surface area contributed by atoms with Gasteiger partial charge in [0.2, 0.25) is 0 Å². The van der Waals surface area contributed by atoms with Crippen molar-refractivity contribution in [1.29, 1.82) is 0 Å². The van der Waals surface area contributed by atoms with Crippen molar-refractivity contribution in [2.75, 3.05) is 5.32 Å². The van der Waals surface area contributed by atoms with Crippen molar-refractivity contribution in [3.63, 3.8) is 0 Å². The highest BCUT2D eigenvalue weighted by Gasteiger charge is 2.08. The molecule has 102 valence electrons. The number of thiazole rings is 1. The Morgan fingerprint density at radius 1 is 1.20 bits per heavy atom. The predicted octanol–water partition coefficient (Wildman–Crippen LogP) is 5.70. The van der Waals surface area contributed by atoms with E-state index >= 15 is 0 Å². The molecule has 2 nitrogen and oxygen atoms in total. The molecule has 20 heavy (non-hydrogen) atoms. The van der Waals surface area contributed by atoms with Crippen molar-refractivity contribution >= 4 is 40.0 Å². The topological polar surface area (TPSA) is 24.9 Å². The number of halogens is 1. The Morgan fingerprint density at radius 2 is 2.00 bits per heavy atom. The van der Waals surface area contributed by atoms with Crippen LogP contribution in [0.3, 0.4) is 0 Å². The Morgan fingerprint density at radius 3 is 2.60 bits per heavy atom. The lowest BCUT2D eigenvalue weighted by molar-refractivity contribution is 0.891. The van der Waals surface area contributed by atoms with Gasteiger partial charge in [0.05, 0.1) is 4.34 Å². The smallest absolute Gasteiger partial charge is 0.123 e. The molecule has 1 N–H and O–H groups in total. The third-order valence-corrected chi connectivity index (χ3v) is 4.97. The summed E-state index contributed by atoms with van der Waals surface area (Å²) in [6.07, 6.45) is 1.83. The number of anilines is 1. The van der Waals surface area contributed by atoms with Crippen LogP contribution in [0.2, 0.25) is 4.34 Å². The predicted molar refractivity (Wildman–Crippen MR) is 88.9 cm³/mol. The summed E-state index contributed by atoms with van der Waals surface area (Å²) in [6.45, 7) is 2.13. The minimum absolute atomic E-state index is 0.240. The standard InChI is InChI=1S/C15H13ClN2S2/c1-10(12-8-14(16)20-9-12)18-13-4-2-11(3-5-13)15-17-6-7-19-15/h2-10,18H,1H3. The summed E-state index contributed by atoms with van der Waals surface area (Å²) < 4.78 is 0.827. The fourth-order valence-corrected chi connectivity index (χ4v) is 3.59. The van der Waals surface area contributed by atoms with Gasteiger partial charge in [-0.25, -0.2) is 4.98 Å². The summed E-state index contributed by atoms with van der Waals surface area (Å²) in [5, 5.41) is 8.60. The van der Waals surface area contributed by atoms with Gasteiger partial charge in [0.15, 0.2) is 0 Å². The molecule has 0 saturated heterocycles. The lowest BCUT2D eigenvalue weighted by Gasteiger charge is -2.14. The number of rotatable bonds is 4. The van der Waals surface area contributed by atoms with Gasteiger partial charge >= 0.3 is 0 Å². The van der Waals surface area contributed by atoms with E-state index in [1.165, 1.54) is 5.56 Å². The van der Waals surface area contributed by atoms with Crippen molar-refractivity contribution in [1.82, 2.24) is 4.98 Å². The first-order valence-electron chi connectivity index (χ1n) is 6.23. The van der Waals surface area contributed by atoms with Crippen molar-refractivity contribution < 1.29 is 0 Å². The molecule has 0 aliphatic rings. The average molecular weight is 321 g/mol. The molecule has 1 atom stereocenters. The second kappa shape index (κ2) is 5.95. The SMILES string of the molecule is CC(Nc1ccc(-c2nccs2)cc1)c1csc(Cl)c1. The molecule has 3 rings (SSSR count). The number of thiophene rings is 1. The highest BCUT2D eigenvalue weighted by Crippen LogP contribution is 2.28. The maximum Gasteiger partial charge on any atom is 0.123 e. The largest absolute Gasteiger partial charge is 0.378 e. The second-order valence-corrected chi connectivity index (χ2v) is 6.90. The molecule has 0 bridgehead atoms. The van der Waals surface area contributed by atoms with Crippen LogP contribution in [0.25, 0.3) is 10.6 Å². The summed E-state index contributed by atoms with van der Waals surface area (Å²) in [5.41, 5.74) is 3.46. The summed E-state index contributed by atoms with van der Waals surface area (Å²) in [5.74, 6) is 0. The second-order valence-electron chi connectivity index (χ2n) is 4.46. The number of aromatic nitrogens is 1. The number of hydrogen-bond acceptors (Lipinski definition) is 4. The molecule has 1 aromatic carbocycles. The van der Waals surface area contributed by atoms with Gasteiger partial charge < -0.3 is 5.32 Å². The lowest BCUT2D eigenvalue weighted by Crippen LogP contribution is -2.05. The van der Waals surface area contributed by atoms with Gasteiger partial charge in [0.25, 0.3) is 0 Å². The molecule has 0 saturated carbocycles. The van der Waals surface area contributed by atoms with E-state index in [9.17, 15) is 0 Å². The number of nitrogens with zero attached hydrogens (tertiary/aromatic N) is 1. The van der Waals surface area contributed by atoms with Crippen molar-refractivity contribution in [3.05, 3.63) is 57.2 Å². The molecule has 2 aromatic heterocycles. The highest BCUT2D eigenvalue weighted by molar-refractivity contribution is 7.14. The van der Waals surface area contributed by atoms with Crippen LogP contribution in [-0.4, -0.2) is 4.98 Å². The van der Waals surface area contributed by atoms with E-state index in [1.807, 2.05) is 17.6 Å². The Bertz CT molecular complexity index is 674. The Hall–Kier alpha value is -1.36. The van der Waals surface area contributed by atoms with Gasteiger partial charge in [-0.2, -0.15) is 0 Å². The molecule has 1 unspecified atom stereocenters. The molecule has 0 radical (unpaired) electrons. The Labute approximate surface area is 131 Å². The summed E-state index contributed by atoms with van der Waals surface area (Å²) in [4.78, 5) is 4.31. The van der Waals surface area contributed by atoms with E-state index in [0.717, 1.165) is 20.6 Å². The Kier molecular flexibility index (Phi) is 4.05. The van der Waals surface area contributed by atoms with Gasteiger partial charge in [0, 0.05) is 28.9 Å². The van der Waals surface area contributed by atoms with E-state index < -0.39 is 0 Å². The van der Waals surface area contributed by atoms with Crippen molar-refractivity contribution in [2.24, 2.45) is 0 Å². The summed E-state index contributed by atoms with van der Waals surface area (Å²) in [7, 11) is 0. The first kappa shape index (κ1) is 13.6. The van der Waals surface area contributed by atoms with Gasteiger partial charge in [-0.15, -0.1) is 22.7 Å². The molecular weight excluding hydrogens is 308 g/mol. The molecule has 0 aliphatic heterocycles. The maximum absolute atomic E-state index is 5.97. The molecule has 0 fully saturated rings. The van der Waals surface area contributed by atoms with Gasteiger partial charge in [-0.05, 0) is 48.2 Å². The quantitative estimate of drug-likeness (QED) is 0.667. The first-order chi connectivity index (χ1) is 9.72. The molecule has 0 spiro atoms. The molecule has 0 aliphatic carbocycles. The van der Waals surface area contributed by atoms with E-state index in [4.69, 9.17) is 11.6 Å². The van der Waals surface area contributed by atoms with Gasteiger partial charge in [0.1, 0.15) is 5.01 Å². The van der Waals surface area contributed by atoms with Crippen LogP contribution in [0.15, 0.2) is 47.3 Å². The summed E-state index contributed by atoms with van der Waals surface area (Å²) >= 11 is 9.18. The number of benzene rings is 1. The minimum Gasteiger partial charge on any atom is -0.378 e. The van der Waals surface area contributed by atoms with Crippen LogP contribution < -0.4 is 5.32 Å². The molecular formula is C15H13ClN2S2. The lowest BCUT2D eigenvalue weighted by atomic mass is 10.1. The van der Waals surface area contributed by atoms with E-state index in [0.29, 0.717) is 0 Å². The van der Waals surface area contributed by atoms with Crippen molar-refractivity contribution in [3.8, 4) is 10.6 Å². The number of nitrogens with one attached hydrogen (secondary N) is 1. The summed E-state index contributed by atoms with van der Waals surface area (Å²) in [6, 6.07) is 10.6. The van der Waals surface area contributed by atoms with E-state index in [2.05, 4.69) is 46.9 Å². The third-order valence-electron chi connectivity index (χ3n) is 3.04. The van der Waals surface area contributed by atoms with E-state index in [-0.39, 0.29) is 6.04 Å². The van der Waals surface area contributed by atoms with Crippen LogP contribution >= 0.6 is 34.3 Å². The molecule has 3 aromatic rings. The van der Waals surface area contributed by atoms with Crippen LogP contribution in [0.5, 0.6) is 0 Å². The van der Waals surface area contributed by atoms with Crippen LogP contribution in [0.4, 0.5) is 5.69 Å². The zero-order chi connectivity index (χ0) is 13.9. The average Bonchev–Trinajstić information content (AvgIpc) is 3.10. The monoisotopic (exact) mass is 320 g/mol. The normalized spacial score (nSPS) is 12.3. The maximum atomic E-state index is 5.97. The zero-order valence-corrected chi connectivity index (χ0v) is 13.2. The van der Waals surface area contributed by atoms with E-state index in [1.54, 1.807) is 22.7 Å². The zero-order valence-electron chi connectivity index (χ0n) is 10.8.